The third-order valence-corrected chi connectivity index (χ3v) is 4.03. The van der Waals surface area contributed by atoms with Crippen molar-refractivity contribution >= 4 is 29.5 Å². The van der Waals surface area contributed by atoms with Gasteiger partial charge in [-0.2, -0.15) is 4.98 Å². The van der Waals surface area contributed by atoms with Crippen LogP contribution in [0.25, 0.3) is 10.7 Å². The van der Waals surface area contributed by atoms with Gasteiger partial charge in [0.15, 0.2) is 19.0 Å². The smallest absolute Gasteiger partial charge is 0.275 e. The Balaban J connectivity index is 1.99. The third-order valence-electron chi connectivity index (χ3n) is 2.84. The number of likely N-dealkylation sites (N-methyl/N-ethyl adjacent to an activating group) is 1. The molecule has 2 aromatic rings. The molecule has 0 fully saturated rings. The van der Waals surface area contributed by atoms with Crippen LogP contribution >= 0.6 is 23.6 Å². The Morgan fingerprint density at radius 2 is 2.27 bits per heavy atom. The number of hydrogen-bond acceptors (Lipinski definition) is 4. The maximum Gasteiger partial charge on any atom is 0.275 e. The van der Waals surface area contributed by atoms with Crippen molar-refractivity contribution in [1.82, 2.24) is 20.1 Å². The minimum Gasteiger partial charge on any atom is -0.347 e. The van der Waals surface area contributed by atoms with Crippen molar-refractivity contribution in [2.75, 3.05) is 13.6 Å². The lowest BCUT2D eigenvalue weighted by molar-refractivity contribution is -0.895. The summed E-state index contributed by atoms with van der Waals surface area (Å²) in [5, 5.41) is 8.15. The van der Waals surface area contributed by atoms with Gasteiger partial charge < -0.3 is 10.2 Å². The van der Waals surface area contributed by atoms with Gasteiger partial charge in [0.05, 0.1) is 11.9 Å². The summed E-state index contributed by atoms with van der Waals surface area (Å²) in [7, 11) is 1.95. The molecule has 8 heteroatoms. The maximum absolute atomic E-state index is 11.9. The molecule has 22 heavy (non-hydrogen) atoms. The number of hydrogen-bond donors (Lipinski definition) is 3. The van der Waals surface area contributed by atoms with Gasteiger partial charge in [-0.1, -0.05) is 6.07 Å². The zero-order valence-corrected chi connectivity index (χ0v) is 14.9. The molecule has 2 heterocycles. The summed E-state index contributed by atoms with van der Waals surface area (Å²) in [6.07, 6.45) is 0. The van der Waals surface area contributed by atoms with Crippen LogP contribution in [0.4, 0.5) is 0 Å². The Morgan fingerprint density at radius 3 is 2.86 bits per heavy atom. The molecule has 0 radical (unpaired) electrons. The van der Waals surface area contributed by atoms with E-state index in [1.54, 1.807) is 16.0 Å². The maximum atomic E-state index is 11.9. The van der Waals surface area contributed by atoms with E-state index in [4.69, 9.17) is 12.2 Å². The van der Waals surface area contributed by atoms with Crippen LogP contribution in [0.3, 0.4) is 0 Å². The molecule has 0 aromatic carbocycles. The number of carbonyl (C=O) groups excluding carboxylic acids is 1. The summed E-state index contributed by atoms with van der Waals surface area (Å²) in [5.74, 6) is 0.793. The minimum absolute atomic E-state index is 0.0227. The first-order chi connectivity index (χ1) is 10.2. The Morgan fingerprint density at radius 1 is 1.55 bits per heavy atom. The zero-order valence-electron chi connectivity index (χ0n) is 13.3. The highest BCUT2D eigenvalue weighted by Crippen LogP contribution is 2.20. The largest absolute Gasteiger partial charge is 0.347 e. The van der Waals surface area contributed by atoms with Crippen molar-refractivity contribution in [3.8, 4) is 10.7 Å². The first kappa shape index (κ1) is 16.9. The molecule has 0 aliphatic heterocycles. The molecule has 0 saturated heterocycles. The molecule has 6 nitrogen and oxygen atoms in total. The van der Waals surface area contributed by atoms with E-state index in [1.807, 2.05) is 45.3 Å². The molecular formula is C14H22N5OS2+. The number of nitrogens with zero attached hydrogens (tertiary/aromatic N) is 2. The Kier molecular flexibility index (Phi) is 5.15. The second-order valence-corrected chi connectivity index (χ2v) is 7.66. The third kappa shape index (κ3) is 4.75. The molecule has 120 valence electrons. The van der Waals surface area contributed by atoms with E-state index in [1.165, 1.54) is 0 Å². The van der Waals surface area contributed by atoms with Gasteiger partial charge in [-0.25, -0.2) is 4.68 Å². The van der Waals surface area contributed by atoms with Crippen molar-refractivity contribution in [2.24, 2.45) is 0 Å². The number of quaternary nitrogens is 1. The van der Waals surface area contributed by atoms with E-state index in [0.29, 0.717) is 18.0 Å². The lowest BCUT2D eigenvalue weighted by Gasteiger charge is -2.21. The van der Waals surface area contributed by atoms with Crippen LogP contribution < -0.4 is 10.2 Å². The van der Waals surface area contributed by atoms with E-state index in [2.05, 4.69) is 15.4 Å². The molecule has 0 spiro atoms. The number of amides is 1. The quantitative estimate of drug-likeness (QED) is 0.713. The van der Waals surface area contributed by atoms with Gasteiger partial charge >= 0.3 is 0 Å². The van der Waals surface area contributed by atoms with Crippen LogP contribution in [0.2, 0.25) is 0 Å². The number of H-pyrrole nitrogens is 1. The van der Waals surface area contributed by atoms with Gasteiger partial charge in [-0.15, -0.1) is 11.3 Å². The van der Waals surface area contributed by atoms with Gasteiger partial charge in [0, 0.05) is 5.54 Å². The highest BCUT2D eigenvalue weighted by atomic mass is 32.1. The first-order valence-electron chi connectivity index (χ1n) is 7.07. The number of aromatic nitrogens is 3. The van der Waals surface area contributed by atoms with Crippen molar-refractivity contribution in [3.63, 3.8) is 0 Å². The normalized spacial score (nSPS) is 13.1. The van der Waals surface area contributed by atoms with Crippen LogP contribution in [0.15, 0.2) is 17.5 Å². The highest BCUT2D eigenvalue weighted by molar-refractivity contribution is 7.71. The molecule has 0 saturated carbocycles. The number of carbonyl (C=O) groups is 1. The lowest BCUT2D eigenvalue weighted by Crippen LogP contribution is -3.09. The topological polar surface area (TPSA) is 67.2 Å². The summed E-state index contributed by atoms with van der Waals surface area (Å²) >= 11 is 6.89. The van der Waals surface area contributed by atoms with Gasteiger partial charge in [0.1, 0.15) is 0 Å². The molecule has 3 N–H and O–H groups in total. The number of aromatic amines is 1. The Labute approximate surface area is 139 Å². The summed E-state index contributed by atoms with van der Waals surface area (Å²) in [5.41, 5.74) is -0.214. The van der Waals surface area contributed by atoms with Crippen LogP contribution in [-0.4, -0.2) is 39.8 Å². The number of thiophene rings is 1. The monoisotopic (exact) mass is 340 g/mol. The average Bonchev–Trinajstić information content (AvgIpc) is 2.96. The number of nitrogens with one attached hydrogen (secondary N) is 3. The van der Waals surface area contributed by atoms with E-state index >= 15 is 0 Å². The molecule has 1 amide bonds. The summed E-state index contributed by atoms with van der Waals surface area (Å²) < 4.78 is 2.29. The Bertz CT molecular complexity index is 681. The van der Waals surface area contributed by atoms with Crippen molar-refractivity contribution in [1.29, 1.82) is 0 Å². The van der Waals surface area contributed by atoms with Crippen molar-refractivity contribution in [3.05, 3.63) is 22.3 Å². The van der Waals surface area contributed by atoms with E-state index in [0.717, 1.165) is 15.6 Å². The fourth-order valence-corrected chi connectivity index (χ4v) is 2.91. The zero-order chi connectivity index (χ0) is 16.3. The lowest BCUT2D eigenvalue weighted by atomic mass is 10.1. The van der Waals surface area contributed by atoms with E-state index in [9.17, 15) is 4.79 Å². The number of rotatable bonds is 5. The van der Waals surface area contributed by atoms with Crippen molar-refractivity contribution in [2.45, 2.75) is 33.0 Å². The van der Waals surface area contributed by atoms with Crippen molar-refractivity contribution < 1.29 is 9.69 Å². The first-order valence-corrected chi connectivity index (χ1v) is 8.36. The van der Waals surface area contributed by atoms with Crippen LogP contribution in [0, 0.1) is 4.77 Å². The van der Waals surface area contributed by atoms with Crippen LogP contribution in [0.5, 0.6) is 0 Å². The molecule has 0 aliphatic carbocycles. The van der Waals surface area contributed by atoms with Gasteiger partial charge in [0.2, 0.25) is 4.77 Å². The van der Waals surface area contributed by atoms with E-state index < -0.39 is 0 Å². The fraction of sp³-hybridized carbons (Fsp3) is 0.500. The molecule has 0 aliphatic rings. The van der Waals surface area contributed by atoms with Crippen LogP contribution in [-0.2, 0) is 11.5 Å². The molecule has 1 unspecified atom stereocenters. The highest BCUT2D eigenvalue weighted by Gasteiger charge is 2.17. The predicted molar refractivity (Wildman–Crippen MR) is 90.4 cm³/mol. The Hall–Kier alpha value is -1.51. The van der Waals surface area contributed by atoms with E-state index in [-0.39, 0.29) is 11.4 Å². The molecular weight excluding hydrogens is 318 g/mol. The average molecular weight is 340 g/mol. The second kappa shape index (κ2) is 6.72. The predicted octanol–water partition coefficient (Wildman–Crippen LogP) is 1.06. The second-order valence-electron chi connectivity index (χ2n) is 6.35. The van der Waals surface area contributed by atoms with Gasteiger partial charge in [0.25, 0.3) is 5.91 Å². The molecule has 0 bridgehead atoms. The summed E-state index contributed by atoms with van der Waals surface area (Å²) in [6.45, 7) is 6.86. The van der Waals surface area contributed by atoms with Crippen LogP contribution in [0.1, 0.15) is 20.8 Å². The molecule has 2 aromatic heterocycles. The molecule has 2 rings (SSSR count). The molecule has 1 atom stereocenters. The van der Waals surface area contributed by atoms with Gasteiger partial charge in [-0.05, 0) is 44.4 Å². The SMILES string of the molecule is C[NH+](CC(=O)NC(C)(C)C)Cn1[nH]c(-c2cccs2)nc1=S. The summed E-state index contributed by atoms with van der Waals surface area (Å²) in [4.78, 5) is 18.4. The summed E-state index contributed by atoms with van der Waals surface area (Å²) in [6, 6.07) is 3.97. The fourth-order valence-electron chi connectivity index (χ4n) is 2.05. The standard InChI is InChI=1S/C14H21N5OS2/c1-14(2,3)16-11(20)8-18(4)9-19-13(21)15-12(17-19)10-6-5-7-22-10/h5-7H,8-9H2,1-4H3,(H,16,20)(H,15,17,21)/p+1. The minimum atomic E-state index is -0.214. The van der Waals surface area contributed by atoms with Gasteiger partial charge in [-0.3, -0.25) is 9.89 Å².